The van der Waals surface area contributed by atoms with Crippen molar-refractivity contribution in [3.05, 3.63) is 0 Å². The average molecular weight is 450 g/mol. The van der Waals surface area contributed by atoms with Gasteiger partial charge in [-0.25, -0.2) is 13.1 Å². The summed E-state index contributed by atoms with van der Waals surface area (Å²) in [5, 5.41) is 0. The Hall–Kier alpha value is -1.15. The van der Waals surface area contributed by atoms with Crippen molar-refractivity contribution in [2.45, 2.75) is 104 Å². The second-order valence-corrected chi connectivity index (χ2v) is 10.2. The van der Waals surface area contributed by atoms with E-state index in [1.165, 1.54) is 6.92 Å². The minimum Gasteiger partial charge on any atom is -0.466 e. The Bertz CT molecular complexity index is 562. The predicted molar refractivity (Wildman–Crippen MR) is 120 cm³/mol. The molecular weight excluding hydrogens is 406 g/mol. The topological polar surface area (TPSA) is 98.8 Å². The lowest BCUT2D eigenvalue weighted by atomic mass is 10.0. The van der Waals surface area contributed by atoms with Crippen LogP contribution in [0.2, 0.25) is 0 Å². The standard InChI is InChI=1S/C22H43NO6S/c1-5-28-22(25)16-8-6-7-10-17-23-30(26,27)18-11-9-14-21(29-20(4)24)15-12-13-19(2)3/h19,21,23H,5-18H2,1-4H3. The number of rotatable bonds is 19. The highest BCUT2D eigenvalue weighted by molar-refractivity contribution is 7.89. The van der Waals surface area contributed by atoms with Gasteiger partial charge < -0.3 is 9.47 Å². The SMILES string of the molecule is CCOC(=O)CCCCCCNS(=O)(=O)CCCCC(CCCC(C)C)OC(C)=O. The molecule has 0 fully saturated rings. The first-order valence-corrected chi connectivity index (χ1v) is 13.1. The molecule has 1 atom stereocenters. The number of nitrogens with one attached hydrogen (secondary N) is 1. The van der Waals surface area contributed by atoms with E-state index in [1.807, 2.05) is 0 Å². The number of unbranched alkanes of at least 4 members (excludes halogenated alkanes) is 4. The zero-order valence-electron chi connectivity index (χ0n) is 19.4. The van der Waals surface area contributed by atoms with Crippen LogP contribution in [0.25, 0.3) is 0 Å². The number of esters is 2. The number of sulfonamides is 1. The monoisotopic (exact) mass is 449 g/mol. The van der Waals surface area contributed by atoms with Crippen LogP contribution in [0.15, 0.2) is 0 Å². The number of hydrogen-bond acceptors (Lipinski definition) is 6. The van der Waals surface area contributed by atoms with Crippen molar-refractivity contribution < 1.29 is 27.5 Å². The summed E-state index contributed by atoms with van der Waals surface area (Å²) in [5.41, 5.74) is 0. The molecule has 0 saturated heterocycles. The lowest BCUT2D eigenvalue weighted by molar-refractivity contribution is -0.147. The van der Waals surface area contributed by atoms with E-state index in [-0.39, 0.29) is 23.8 Å². The molecule has 1 N–H and O–H groups in total. The molecule has 0 heterocycles. The maximum absolute atomic E-state index is 12.1. The third-order valence-electron chi connectivity index (χ3n) is 4.76. The maximum atomic E-state index is 12.1. The molecule has 7 nitrogen and oxygen atoms in total. The summed E-state index contributed by atoms with van der Waals surface area (Å²) in [6.45, 7) is 8.37. The zero-order chi connectivity index (χ0) is 22.8. The van der Waals surface area contributed by atoms with Gasteiger partial charge in [0.1, 0.15) is 6.10 Å². The van der Waals surface area contributed by atoms with E-state index in [1.54, 1.807) is 6.92 Å². The summed E-state index contributed by atoms with van der Waals surface area (Å²) in [6.07, 6.45) is 8.50. The zero-order valence-corrected chi connectivity index (χ0v) is 20.2. The first-order valence-electron chi connectivity index (χ1n) is 11.5. The van der Waals surface area contributed by atoms with Crippen LogP contribution in [-0.2, 0) is 29.1 Å². The third-order valence-corrected chi connectivity index (χ3v) is 6.23. The second kappa shape index (κ2) is 17.5. The minimum atomic E-state index is -3.28. The van der Waals surface area contributed by atoms with Gasteiger partial charge in [0, 0.05) is 19.9 Å². The van der Waals surface area contributed by atoms with Crippen LogP contribution in [-0.4, -0.2) is 45.4 Å². The quantitative estimate of drug-likeness (QED) is 0.232. The Morgan fingerprint density at radius 1 is 0.900 bits per heavy atom. The molecule has 0 aliphatic rings. The van der Waals surface area contributed by atoms with Crippen molar-refractivity contribution in [2.24, 2.45) is 5.92 Å². The van der Waals surface area contributed by atoms with Gasteiger partial charge in [-0.15, -0.1) is 0 Å². The Kier molecular flexibility index (Phi) is 16.9. The highest BCUT2D eigenvalue weighted by Crippen LogP contribution is 2.16. The fraction of sp³-hybridized carbons (Fsp3) is 0.909. The molecule has 0 radical (unpaired) electrons. The van der Waals surface area contributed by atoms with Gasteiger partial charge in [-0.3, -0.25) is 9.59 Å². The molecule has 0 saturated carbocycles. The van der Waals surface area contributed by atoms with Gasteiger partial charge in [-0.1, -0.05) is 33.1 Å². The highest BCUT2D eigenvalue weighted by Gasteiger charge is 2.14. The Balaban J connectivity index is 3.90. The van der Waals surface area contributed by atoms with Crippen LogP contribution in [0, 0.1) is 5.92 Å². The van der Waals surface area contributed by atoms with Gasteiger partial charge in [-0.05, 0) is 57.8 Å². The summed E-state index contributed by atoms with van der Waals surface area (Å²) in [4.78, 5) is 22.5. The molecule has 0 aromatic heterocycles. The van der Waals surface area contributed by atoms with E-state index in [0.29, 0.717) is 44.8 Å². The summed E-state index contributed by atoms with van der Waals surface area (Å²) in [6, 6.07) is 0. The highest BCUT2D eigenvalue weighted by atomic mass is 32.2. The van der Waals surface area contributed by atoms with E-state index in [9.17, 15) is 18.0 Å². The molecular formula is C22H43NO6S. The third kappa shape index (κ3) is 18.9. The van der Waals surface area contributed by atoms with Crippen LogP contribution in [0.4, 0.5) is 0 Å². The number of hydrogen-bond donors (Lipinski definition) is 1. The van der Waals surface area contributed by atoms with Crippen molar-refractivity contribution in [3.63, 3.8) is 0 Å². The van der Waals surface area contributed by atoms with Gasteiger partial charge in [0.15, 0.2) is 0 Å². The summed E-state index contributed by atoms with van der Waals surface area (Å²) in [7, 11) is -3.28. The predicted octanol–water partition coefficient (Wildman–Crippen LogP) is 4.35. The van der Waals surface area contributed by atoms with Gasteiger partial charge in [0.25, 0.3) is 0 Å². The largest absolute Gasteiger partial charge is 0.466 e. The number of carbonyl (C=O) groups excluding carboxylic acids is 2. The molecule has 0 amide bonds. The first kappa shape index (κ1) is 28.9. The fourth-order valence-corrected chi connectivity index (χ4v) is 4.38. The lowest BCUT2D eigenvalue weighted by Crippen LogP contribution is -2.27. The van der Waals surface area contributed by atoms with E-state index in [0.717, 1.165) is 44.9 Å². The molecule has 0 spiro atoms. The molecule has 0 aliphatic heterocycles. The average Bonchev–Trinajstić information content (AvgIpc) is 2.63. The van der Waals surface area contributed by atoms with Crippen molar-refractivity contribution in [1.82, 2.24) is 4.72 Å². The van der Waals surface area contributed by atoms with Gasteiger partial charge >= 0.3 is 11.9 Å². The van der Waals surface area contributed by atoms with Gasteiger partial charge in [-0.2, -0.15) is 0 Å². The summed E-state index contributed by atoms with van der Waals surface area (Å²) >= 11 is 0. The van der Waals surface area contributed by atoms with Crippen LogP contribution >= 0.6 is 0 Å². The number of ether oxygens (including phenoxy) is 2. The minimum absolute atomic E-state index is 0.0919. The maximum Gasteiger partial charge on any atom is 0.305 e. The van der Waals surface area contributed by atoms with Crippen LogP contribution in [0.3, 0.4) is 0 Å². The van der Waals surface area contributed by atoms with E-state index < -0.39 is 10.0 Å². The van der Waals surface area contributed by atoms with Crippen LogP contribution in [0.1, 0.15) is 98.3 Å². The first-order chi connectivity index (χ1) is 14.2. The van der Waals surface area contributed by atoms with E-state index in [2.05, 4.69) is 18.6 Å². The summed E-state index contributed by atoms with van der Waals surface area (Å²) in [5.74, 6) is 0.265. The molecule has 0 bridgehead atoms. The van der Waals surface area contributed by atoms with E-state index in [4.69, 9.17) is 9.47 Å². The lowest BCUT2D eigenvalue weighted by Gasteiger charge is -2.17. The molecule has 178 valence electrons. The second-order valence-electron chi connectivity index (χ2n) is 8.23. The molecule has 0 aromatic carbocycles. The van der Waals surface area contributed by atoms with Gasteiger partial charge in [0.05, 0.1) is 12.4 Å². The Labute approximate surface area is 183 Å². The van der Waals surface area contributed by atoms with Crippen molar-refractivity contribution >= 4 is 22.0 Å². The normalized spacial score (nSPS) is 12.7. The van der Waals surface area contributed by atoms with Crippen molar-refractivity contribution in [2.75, 3.05) is 18.9 Å². The van der Waals surface area contributed by atoms with E-state index >= 15 is 0 Å². The van der Waals surface area contributed by atoms with Crippen LogP contribution < -0.4 is 4.72 Å². The number of carbonyl (C=O) groups is 2. The van der Waals surface area contributed by atoms with Gasteiger partial charge in [0.2, 0.25) is 10.0 Å². The fourth-order valence-electron chi connectivity index (χ4n) is 3.20. The molecule has 1 unspecified atom stereocenters. The molecule has 0 rings (SSSR count). The van der Waals surface area contributed by atoms with Crippen LogP contribution in [0.5, 0.6) is 0 Å². The molecule has 8 heteroatoms. The Morgan fingerprint density at radius 3 is 2.20 bits per heavy atom. The molecule has 30 heavy (non-hydrogen) atoms. The summed E-state index contributed by atoms with van der Waals surface area (Å²) < 4.78 is 37.1. The molecule has 0 aromatic rings. The van der Waals surface area contributed by atoms with Crippen molar-refractivity contribution in [3.8, 4) is 0 Å². The van der Waals surface area contributed by atoms with Crippen molar-refractivity contribution in [1.29, 1.82) is 0 Å². The smallest absolute Gasteiger partial charge is 0.305 e. The molecule has 0 aliphatic carbocycles. The Morgan fingerprint density at radius 2 is 1.57 bits per heavy atom.